The van der Waals surface area contributed by atoms with Crippen LogP contribution in [0.3, 0.4) is 0 Å². The highest BCUT2D eigenvalue weighted by atomic mass is 19.3. The van der Waals surface area contributed by atoms with Gasteiger partial charge in [0.25, 0.3) is 5.91 Å². The molecule has 9 heteroatoms. The lowest BCUT2D eigenvalue weighted by Gasteiger charge is -2.30. The number of aryl methyl sites for hydroxylation is 1. The number of halogens is 2. The molecule has 39 heavy (non-hydrogen) atoms. The number of alkyl halides is 2. The first kappa shape index (κ1) is 27.0. The van der Waals surface area contributed by atoms with Gasteiger partial charge >= 0.3 is 5.92 Å². The summed E-state index contributed by atoms with van der Waals surface area (Å²) in [6.45, 7) is 2.68. The monoisotopic (exact) mass is 537 g/mol. The highest BCUT2D eigenvalue weighted by Gasteiger charge is 2.41. The molecule has 2 aromatic carbocycles. The van der Waals surface area contributed by atoms with Gasteiger partial charge in [-0.25, -0.2) is 0 Å². The normalized spacial score (nSPS) is 17.0. The highest BCUT2D eigenvalue weighted by molar-refractivity contribution is 5.83. The molecule has 1 saturated heterocycles. The van der Waals surface area contributed by atoms with Crippen LogP contribution < -0.4 is 14.8 Å². The topological polar surface area (TPSA) is 83.9 Å². The summed E-state index contributed by atoms with van der Waals surface area (Å²) in [5, 5.41) is 13.7. The summed E-state index contributed by atoms with van der Waals surface area (Å²) in [5.41, 5.74) is 2.74. The predicted molar refractivity (Wildman–Crippen MR) is 143 cm³/mol. The van der Waals surface area contributed by atoms with Gasteiger partial charge in [0, 0.05) is 24.7 Å². The standard InChI is InChI=1S/C30H33F2N3O4/c31-30(32,12-11-21-6-5-7-22(18-21)24-8-1-2-13-33-24)29(37)34-25(20-35-14-3-4-15-35)28(36)23-9-10-26-27(19-23)39-17-16-38-26/h1-2,5-10,13,18-19,25,28,36H,3-4,11-12,14-17,20H2,(H,34,37)/t25-,28-/m1/s1. The molecule has 7 nitrogen and oxygen atoms in total. The summed E-state index contributed by atoms with van der Waals surface area (Å²) in [6.07, 6.45) is 1.83. The molecular formula is C30H33F2N3O4. The fraction of sp³-hybridized carbons (Fsp3) is 0.400. The molecule has 2 N–H and O–H groups in total. The number of aliphatic hydroxyl groups is 1. The number of pyridine rings is 1. The zero-order valence-corrected chi connectivity index (χ0v) is 21.7. The first-order valence-corrected chi connectivity index (χ1v) is 13.4. The molecule has 0 saturated carbocycles. The van der Waals surface area contributed by atoms with Gasteiger partial charge in [0.05, 0.1) is 11.7 Å². The molecule has 5 rings (SSSR count). The van der Waals surface area contributed by atoms with Crippen molar-refractivity contribution in [1.29, 1.82) is 0 Å². The summed E-state index contributed by atoms with van der Waals surface area (Å²) in [5.74, 6) is -3.95. The number of likely N-dealkylation sites (tertiary alicyclic amines) is 1. The van der Waals surface area contributed by atoms with E-state index in [0.717, 1.165) is 37.2 Å². The molecule has 0 radical (unpaired) electrons. The van der Waals surface area contributed by atoms with Crippen molar-refractivity contribution in [3.63, 3.8) is 0 Å². The van der Waals surface area contributed by atoms with E-state index < -0.39 is 30.4 Å². The molecule has 1 aromatic heterocycles. The maximum atomic E-state index is 15.1. The molecule has 2 aliphatic heterocycles. The lowest BCUT2D eigenvalue weighted by Crippen LogP contribution is -2.51. The van der Waals surface area contributed by atoms with Crippen LogP contribution in [-0.4, -0.2) is 65.7 Å². The molecular weight excluding hydrogens is 504 g/mol. The molecule has 3 aromatic rings. The number of carbonyl (C=O) groups is 1. The average molecular weight is 538 g/mol. The van der Waals surface area contributed by atoms with Gasteiger partial charge in [0.2, 0.25) is 0 Å². The summed E-state index contributed by atoms with van der Waals surface area (Å²) >= 11 is 0. The number of benzene rings is 2. The fourth-order valence-corrected chi connectivity index (χ4v) is 5.05. The minimum atomic E-state index is -3.61. The first-order valence-electron chi connectivity index (χ1n) is 13.4. The third kappa shape index (κ3) is 6.72. The fourth-order valence-electron chi connectivity index (χ4n) is 5.05. The van der Waals surface area contributed by atoms with Gasteiger partial charge in [-0.2, -0.15) is 8.78 Å². The average Bonchev–Trinajstić information content (AvgIpc) is 3.49. The van der Waals surface area contributed by atoms with E-state index in [0.29, 0.717) is 35.8 Å². The van der Waals surface area contributed by atoms with Crippen LogP contribution in [0.25, 0.3) is 11.3 Å². The number of ether oxygens (including phenoxy) is 2. The van der Waals surface area contributed by atoms with Crippen molar-refractivity contribution in [3.8, 4) is 22.8 Å². The number of aromatic nitrogens is 1. The number of rotatable bonds is 10. The van der Waals surface area contributed by atoms with E-state index >= 15 is 8.78 Å². The number of fused-ring (bicyclic) bond motifs is 1. The molecule has 1 amide bonds. The Hall–Kier alpha value is -3.56. The van der Waals surface area contributed by atoms with Gasteiger partial charge < -0.3 is 24.8 Å². The highest BCUT2D eigenvalue weighted by Crippen LogP contribution is 2.34. The molecule has 0 unspecified atom stereocenters. The zero-order chi connectivity index (χ0) is 27.2. The van der Waals surface area contributed by atoms with E-state index in [9.17, 15) is 9.90 Å². The van der Waals surface area contributed by atoms with Crippen LogP contribution in [0, 0.1) is 0 Å². The molecule has 0 spiro atoms. The Kier molecular flexibility index (Phi) is 8.38. The van der Waals surface area contributed by atoms with E-state index in [1.54, 1.807) is 36.5 Å². The van der Waals surface area contributed by atoms with Gasteiger partial charge in [-0.3, -0.25) is 9.78 Å². The molecule has 2 atom stereocenters. The van der Waals surface area contributed by atoms with Crippen molar-refractivity contribution in [2.45, 2.75) is 43.8 Å². The van der Waals surface area contributed by atoms with Gasteiger partial charge in [0.15, 0.2) is 11.5 Å². The van der Waals surface area contributed by atoms with Crippen molar-refractivity contribution < 1.29 is 28.2 Å². The van der Waals surface area contributed by atoms with Crippen molar-refractivity contribution in [2.24, 2.45) is 0 Å². The van der Waals surface area contributed by atoms with Gasteiger partial charge in [-0.05, 0) is 73.8 Å². The SMILES string of the molecule is O=C(N[C@H](CN1CCCC1)[C@H](O)c1ccc2c(c1)OCCO2)C(F)(F)CCc1cccc(-c2ccccn2)c1. The van der Waals surface area contributed by atoms with Crippen LogP contribution in [0.15, 0.2) is 66.9 Å². The van der Waals surface area contributed by atoms with Gasteiger partial charge in [0.1, 0.15) is 19.3 Å². The van der Waals surface area contributed by atoms with Crippen molar-refractivity contribution in [3.05, 3.63) is 78.0 Å². The first-order chi connectivity index (χ1) is 18.9. The van der Waals surface area contributed by atoms with Crippen molar-refractivity contribution in [2.75, 3.05) is 32.8 Å². The third-order valence-corrected chi connectivity index (χ3v) is 7.21. The van der Waals surface area contributed by atoms with E-state index in [-0.39, 0.29) is 13.0 Å². The van der Waals surface area contributed by atoms with E-state index in [4.69, 9.17) is 9.47 Å². The van der Waals surface area contributed by atoms with Crippen LogP contribution in [0.1, 0.15) is 36.5 Å². The number of hydrogen-bond donors (Lipinski definition) is 2. The quantitative estimate of drug-likeness (QED) is 0.399. The van der Waals surface area contributed by atoms with E-state index in [1.807, 2.05) is 30.3 Å². The number of carbonyl (C=O) groups excluding carboxylic acids is 1. The van der Waals surface area contributed by atoms with Gasteiger partial charge in [-0.15, -0.1) is 0 Å². The minimum Gasteiger partial charge on any atom is -0.486 e. The summed E-state index contributed by atoms with van der Waals surface area (Å²) < 4.78 is 41.4. The van der Waals surface area contributed by atoms with Crippen LogP contribution in [-0.2, 0) is 11.2 Å². The van der Waals surface area contributed by atoms with Crippen LogP contribution >= 0.6 is 0 Å². The lowest BCUT2D eigenvalue weighted by molar-refractivity contribution is -0.148. The number of nitrogens with zero attached hydrogens (tertiary/aromatic N) is 2. The smallest absolute Gasteiger partial charge is 0.324 e. The van der Waals surface area contributed by atoms with Crippen LogP contribution in [0.4, 0.5) is 8.78 Å². The predicted octanol–water partition coefficient (Wildman–Crippen LogP) is 4.40. The molecule has 3 heterocycles. The second kappa shape index (κ2) is 12.1. The maximum Gasteiger partial charge on any atom is 0.324 e. The Balaban J connectivity index is 1.27. The van der Waals surface area contributed by atoms with E-state index in [2.05, 4.69) is 15.2 Å². The minimum absolute atomic E-state index is 0.0165. The Labute approximate surface area is 226 Å². The molecule has 0 bridgehead atoms. The summed E-state index contributed by atoms with van der Waals surface area (Å²) in [7, 11) is 0. The number of nitrogens with one attached hydrogen (secondary N) is 1. The lowest BCUT2D eigenvalue weighted by atomic mass is 9.99. The Morgan fingerprint density at radius 2 is 1.82 bits per heavy atom. The Morgan fingerprint density at radius 1 is 1.03 bits per heavy atom. The Morgan fingerprint density at radius 3 is 2.59 bits per heavy atom. The summed E-state index contributed by atoms with van der Waals surface area (Å²) in [6, 6.07) is 16.9. The van der Waals surface area contributed by atoms with Gasteiger partial charge in [-0.1, -0.05) is 30.3 Å². The van der Waals surface area contributed by atoms with Crippen molar-refractivity contribution in [1.82, 2.24) is 15.2 Å². The molecule has 2 aliphatic rings. The van der Waals surface area contributed by atoms with Crippen LogP contribution in [0.5, 0.6) is 11.5 Å². The largest absolute Gasteiger partial charge is 0.486 e. The second-order valence-corrected chi connectivity index (χ2v) is 10.1. The van der Waals surface area contributed by atoms with E-state index in [1.165, 1.54) is 0 Å². The Bertz CT molecular complexity index is 1270. The maximum absolute atomic E-state index is 15.1. The molecule has 1 fully saturated rings. The summed E-state index contributed by atoms with van der Waals surface area (Å²) in [4.78, 5) is 19.3. The number of aliphatic hydroxyl groups excluding tert-OH is 1. The number of amides is 1. The number of hydrogen-bond acceptors (Lipinski definition) is 6. The third-order valence-electron chi connectivity index (χ3n) is 7.21. The molecule has 206 valence electrons. The van der Waals surface area contributed by atoms with Crippen molar-refractivity contribution >= 4 is 5.91 Å². The second-order valence-electron chi connectivity index (χ2n) is 10.1. The van der Waals surface area contributed by atoms with Crippen LogP contribution in [0.2, 0.25) is 0 Å². The molecule has 0 aliphatic carbocycles. The zero-order valence-electron chi connectivity index (χ0n) is 21.7.